The third kappa shape index (κ3) is 3.69. The van der Waals surface area contributed by atoms with Gasteiger partial charge < -0.3 is 9.84 Å². The standard InChI is InChI=1S/C11H12ClFN2O5S/c12-10-8(11(16)17)5-7(6-9(10)13)21(18,19)14-15-1-3-20-4-2-15/h5-6,14H,1-4H2,(H,16,17). The van der Waals surface area contributed by atoms with Gasteiger partial charge in [0.2, 0.25) is 0 Å². The number of sulfonamides is 1. The molecule has 1 aliphatic heterocycles. The summed E-state index contributed by atoms with van der Waals surface area (Å²) in [7, 11) is -4.10. The van der Waals surface area contributed by atoms with Crippen LogP contribution in [0.1, 0.15) is 10.4 Å². The Labute approximate surface area is 125 Å². The Kier molecular flexibility index (Phi) is 4.79. The molecule has 1 aromatic rings. The average Bonchev–Trinajstić information content (AvgIpc) is 2.41. The Morgan fingerprint density at radius 1 is 1.38 bits per heavy atom. The zero-order valence-electron chi connectivity index (χ0n) is 10.7. The zero-order chi connectivity index (χ0) is 15.6. The number of hydrogen-bond acceptors (Lipinski definition) is 5. The summed E-state index contributed by atoms with van der Waals surface area (Å²) in [4.78, 5) is 12.7. The predicted octanol–water partition coefficient (Wildman–Crippen LogP) is 0.703. The fourth-order valence-electron chi connectivity index (χ4n) is 1.75. The van der Waals surface area contributed by atoms with E-state index in [-0.39, 0.29) is 0 Å². The van der Waals surface area contributed by atoms with Crippen molar-refractivity contribution in [2.24, 2.45) is 0 Å². The first-order chi connectivity index (χ1) is 9.81. The first-order valence-corrected chi connectivity index (χ1v) is 7.75. The number of carboxylic acid groups (broad SMARTS) is 1. The fourth-order valence-corrected chi connectivity index (χ4v) is 3.10. The first-order valence-electron chi connectivity index (χ1n) is 5.89. The number of carbonyl (C=O) groups is 1. The minimum absolute atomic E-state index is 0.334. The summed E-state index contributed by atoms with van der Waals surface area (Å²) in [5, 5.41) is 9.67. The molecule has 0 aromatic heterocycles. The summed E-state index contributed by atoms with van der Waals surface area (Å²) in [5.74, 6) is -2.62. The number of hydrazine groups is 1. The molecule has 2 N–H and O–H groups in total. The highest BCUT2D eigenvalue weighted by Crippen LogP contribution is 2.24. The second-order valence-corrected chi connectivity index (χ2v) is 6.30. The van der Waals surface area contributed by atoms with Crippen LogP contribution in [-0.4, -0.2) is 50.8 Å². The van der Waals surface area contributed by atoms with Gasteiger partial charge in [0.25, 0.3) is 10.0 Å². The summed E-state index contributed by atoms with van der Waals surface area (Å²) >= 11 is 5.50. The molecule has 1 heterocycles. The Balaban J connectivity index is 2.33. The number of aromatic carboxylic acids is 1. The molecule has 0 radical (unpaired) electrons. The molecule has 1 saturated heterocycles. The van der Waals surface area contributed by atoms with E-state index >= 15 is 0 Å². The lowest BCUT2D eigenvalue weighted by molar-refractivity contribution is 0.0272. The molecule has 21 heavy (non-hydrogen) atoms. The summed E-state index contributed by atoms with van der Waals surface area (Å²) in [6.07, 6.45) is 0. The smallest absolute Gasteiger partial charge is 0.337 e. The lowest BCUT2D eigenvalue weighted by Gasteiger charge is -2.26. The van der Waals surface area contributed by atoms with Crippen molar-refractivity contribution >= 4 is 27.6 Å². The number of halogens is 2. The maximum absolute atomic E-state index is 13.6. The Hall–Kier alpha value is -1.26. The van der Waals surface area contributed by atoms with Crippen molar-refractivity contribution in [3.8, 4) is 0 Å². The van der Waals surface area contributed by atoms with E-state index in [1.54, 1.807) is 0 Å². The Morgan fingerprint density at radius 3 is 2.57 bits per heavy atom. The van der Waals surface area contributed by atoms with Crippen LogP contribution in [0.4, 0.5) is 4.39 Å². The van der Waals surface area contributed by atoms with Crippen LogP contribution in [0, 0.1) is 5.82 Å². The second kappa shape index (κ2) is 6.24. The van der Waals surface area contributed by atoms with Crippen LogP contribution >= 0.6 is 11.6 Å². The van der Waals surface area contributed by atoms with E-state index < -0.39 is 37.3 Å². The van der Waals surface area contributed by atoms with Gasteiger partial charge in [-0.1, -0.05) is 11.6 Å². The van der Waals surface area contributed by atoms with Crippen molar-refractivity contribution in [2.45, 2.75) is 4.90 Å². The third-order valence-corrected chi connectivity index (χ3v) is 4.54. The van der Waals surface area contributed by atoms with E-state index in [0.717, 1.165) is 6.07 Å². The SMILES string of the molecule is O=C(O)c1cc(S(=O)(=O)NN2CCOCC2)cc(F)c1Cl. The number of nitrogens with one attached hydrogen (secondary N) is 1. The van der Waals surface area contributed by atoms with Gasteiger partial charge in [-0.15, -0.1) is 4.83 Å². The monoisotopic (exact) mass is 338 g/mol. The van der Waals surface area contributed by atoms with E-state index in [2.05, 4.69) is 4.83 Å². The Morgan fingerprint density at radius 2 is 2.00 bits per heavy atom. The predicted molar refractivity (Wildman–Crippen MR) is 71.1 cm³/mol. The van der Waals surface area contributed by atoms with Crippen LogP contribution in [0.2, 0.25) is 5.02 Å². The maximum Gasteiger partial charge on any atom is 0.337 e. The number of carboxylic acids is 1. The van der Waals surface area contributed by atoms with Gasteiger partial charge in [-0.3, -0.25) is 0 Å². The van der Waals surface area contributed by atoms with Crippen molar-refractivity contribution in [2.75, 3.05) is 26.3 Å². The number of nitrogens with zero attached hydrogens (tertiary/aromatic N) is 1. The van der Waals surface area contributed by atoms with E-state index in [0.29, 0.717) is 32.4 Å². The summed E-state index contributed by atoms with van der Waals surface area (Å²) in [6.45, 7) is 1.39. The maximum atomic E-state index is 13.6. The van der Waals surface area contributed by atoms with Crippen LogP contribution in [0.25, 0.3) is 0 Å². The molecule has 7 nitrogen and oxygen atoms in total. The van der Waals surface area contributed by atoms with Gasteiger partial charge in [-0.2, -0.15) is 0 Å². The number of hydrogen-bond donors (Lipinski definition) is 2. The highest BCUT2D eigenvalue weighted by atomic mass is 35.5. The molecule has 10 heteroatoms. The molecule has 0 bridgehead atoms. The molecule has 0 spiro atoms. The minimum atomic E-state index is -4.10. The molecular weight excluding hydrogens is 327 g/mol. The van der Waals surface area contributed by atoms with Crippen LogP contribution in [-0.2, 0) is 14.8 Å². The van der Waals surface area contributed by atoms with Crippen molar-refractivity contribution < 1.29 is 27.4 Å². The quantitative estimate of drug-likeness (QED) is 0.839. The van der Waals surface area contributed by atoms with Gasteiger partial charge in [0.05, 0.1) is 28.7 Å². The van der Waals surface area contributed by atoms with Crippen molar-refractivity contribution in [1.82, 2.24) is 9.84 Å². The molecule has 1 aliphatic rings. The normalized spacial score (nSPS) is 16.9. The van der Waals surface area contributed by atoms with E-state index in [4.69, 9.17) is 21.4 Å². The lowest BCUT2D eigenvalue weighted by atomic mass is 10.2. The number of benzene rings is 1. The minimum Gasteiger partial charge on any atom is -0.478 e. The van der Waals surface area contributed by atoms with Crippen molar-refractivity contribution in [3.05, 3.63) is 28.5 Å². The van der Waals surface area contributed by atoms with Gasteiger partial charge in [0.15, 0.2) is 0 Å². The van der Waals surface area contributed by atoms with Gasteiger partial charge >= 0.3 is 5.97 Å². The molecule has 0 amide bonds. The summed E-state index contributed by atoms with van der Waals surface area (Å²) in [6, 6.07) is 1.49. The third-order valence-electron chi connectivity index (χ3n) is 2.80. The highest BCUT2D eigenvalue weighted by Gasteiger charge is 2.24. The first kappa shape index (κ1) is 16.1. The molecule has 2 rings (SSSR count). The molecule has 116 valence electrons. The summed E-state index contributed by atoms with van der Waals surface area (Å²) < 4.78 is 42.9. The van der Waals surface area contributed by atoms with Crippen molar-refractivity contribution in [1.29, 1.82) is 0 Å². The molecule has 1 fully saturated rings. The molecule has 0 atom stereocenters. The van der Waals surface area contributed by atoms with E-state index in [9.17, 15) is 17.6 Å². The van der Waals surface area contributed by atoms with Gasteiger partial charge in [-0.25, -0.2) is 22.6 Å². The molecular formula is C11H12ClFN2O5S. The largest absolute Gasteiger partial charge is 0.478 e. The highest BCUT2D eigenvalue weighted by molar-refractivity contribution is 7.89. The number of morpholine rings is 1. The molecule has 0 aliphatic carbocycles. The summed E-state index contributed by atoms with van der Waals surface area (Å²) in [5.41, 5.74) is -0.612. The average molecular weight is 339 g/mol. The van der Waals surface area contributed by atoms with Gasteiger partial charge in [0.1, 0.15) is 5.82 Å². The van der Waals surface area contributed by atoms with Crippen LogP contribution < -0.4 is 4.83 Å². The molecule has 0 unspecified atom stereocenters. The number of rotatable bonds is 4. The topological polar surface area (TPSA) is 95.9 Å². The fraction of sp³-hybridized carbons (Fsp3) is 0.364. The second-order valence-electron chi connectivity index (χ2n) is 4.27. The van der Waals surface area contributed by atoms with Gasteiger partial charge in [-0.05, 0) is 12.1 Å². The Bertz CT molecular complexity index is 661. The van der Waals surface area contributed by atoms with E-state index in [1.165, 1.54) is 5.01 Å². The molecule has 1 aromatic carbocycles. The zero-order valence-corrected chi connectivity index (χ0v) is 12.2. The van der Waals surface area contributed by atoms with E-state index in [1.807, 2.05) is 0 Å². The lowest BCUT2D eigenvalue weighted by Crippen LogP contribution is -2.48. The van der Waals surface area contributed by atoms with Crippen LogP contribution in [0.3, 0.4) is 0 Å². The molecule has 0 saturated carbocycles. The van der Waals surface area contributed by atoms with Crippen LogP contribution in [0.5, 0.6) is 0 Å². The van der Waals surface area contributed by atoms with Gasteiger partial charge in [0, 0.05) is 13.1 Å². The number of ether oxygens (including phenoxy) is 1. The van der Waals surface area contributed by atoms with Crippen LogP contribution in [0.15, 0.2) is 17.0 Å². The van der Waals surface area contributed by atoms with Crippen molar-refractivity contribution in [3.63, 3.8) is 0 Å².